The number of hydrogen-bond donors (Lipinski definition) is 0. The molecule has 0 saturated carbocycles. The zero-order valence-corrected chi connectivity index (χ0v) is 14.6. The fraction of sp³-hybridized carbons (Fsp3) is 0.0500. The second kappa shape index (κ2) is 7.32. The van der Waals surface area contributed by atoms with Gasteiger partial charge in [-0.25, -0.2) is 4.79 Å². The highest BCUT2D eigenvalue weighted by Gasteiger charge is 2.12. The minimum absolute atomic E-state index is 0.427. The zero-order chi connectivity index (χ0) is 16.9. The molecule has 0 aliphatic carbocycles. The lowest BCUT2D eigenvalue weighted by Gasteiger charge is -2.09. The molecule has 0 aliphatic heterocycles. The monoisotopic (exact) mass is 382 g/mol. The Kier molecular flexibility index (Phi) is 4.96. The van der Waals surface area contributed by atoms with E-state index in [0.717, 1.165) is 10.0 Å². The molecule has 0 spiro atoms. The van der Waals surface area contributed by atoms with Crippen molar-refractivity contribution >= 4 is 21.9 Å². The number of rotatable bonds is 4. The largest absolute Gasteiger partial charge is 0.457 e. The molecule has 3 rings (SSSR count). The predicted molar refractivity (Wildman–Crippen MR) is 96.8 cm³/mol. The summed E-state index contributed by atoms with van der Waals surface area (Å²) in [5.41, 5.74) is 1.51. The van der Waals surface area contributed by atoms with Crippen molar-refractivity contribution in [2.24, 2.45) is 0 Å². The molecule has 4 heteroatoms. The van der Waals surface area contributed by atoms with Gasteiger partial charge in [0.05, 0.1) is 10.0 Å². The van der Waals surface area contributed by atoms with Crippen LogP contribution in [-0.2, 0) is 0 Å². The summed E-state index contributed by atoms with van der Waals surface area (Å²) in [7, 11) is 0. The van der Waals surface area contributed by atoms with E-state index < -0.39 is 5.97 Å². The first-order valence-electron chi connectivity index (χ1n) is 7.43. The molecule has 0 fully saturated rings. The molecule has 0 unspecified atom stereocenters. The van der Waals surface area contributed by atoms with Gasteiger partial charge in [-0.3, -0.25) is 0 Å². The Bertz CT molecular complexity index is 860. The maximum Gasteiger partial charge on any atom is 0.343 e. The summed E-state index contributed by atoms with van der Waals surface area (Å²) in [4.78, 5) is 12.4. The van der Waals surface area contributed by atoms with Gasteiger partial charge in [-0.05, 0) is 70.9 Å². The fourth-order valence-electron chi connectivity index (χ4n) is 2.16. The Balaban J connectivity index is 1.77. The highest BCUT2D eigenvalue weighted by molar-refractivity contribution is 9.10. The van der Waals surface area contributed by atoms with E-state index in [4.69, 9.17) is 9.47 Å². The van der Waals surface area contributed by atoms with Crippen molar-refractivity contribution in [3.05, 3.63) is 88.4 Å². The first-order valence-corrected chi connectivity index (χ1v) is 8.22. The second-order valence-electron chi connectivity index (χ2n) is 5.27. The van der Waals surface area contributed by atoms with E-state index >= 15 is 0 Å². The van der Waals surface area contributed by atoms with Gasteiger partial charge in [0.2, 0.25) is 0 Å². The average molecular weight is 383 g/mol. The fourth-order valence-corrected chi connectivity index (χ4v) is 2.73. The number of hydrogen-bond acceptors (Lipinski definition) is 3. The van der Waals surface area contributed by atoms with Gasteiger partial charge < -0.3 is 9.47 Å². The van der Waals surface area contributed by atoms with E-state index in [9.17, 15) is 4.79 Å². The van der Waals surface area contributed by atoms with Crippen LogP contribution in [0.3, 0.4) is 0 Å². The first-order chi connectivity index (χ1) is 11.6. The summed E-state index contributed by atoms with van der Waals surface area (Å²) in [5.74, 6) is 1.35. The Morgan fingerprint density at radius 3 is 2.38 bits per heavy atom. The Labute approximate surface area is 149 Å². The summed E-state index contributed by atoms with van der Waals surface area (Å²) in [6.07, 6.45) is 0. The Morgan fingerprint density at radius 1 is 0.875 bits per heavy atom. The molecule has 24 heavy (non-hydrogen) atoms. The van der Waals surface area contributed by atoms with Gasteiger partial charge in [0.15, 0.2) is 0 Å². The maximum absolute atomic E-state index is 12.4. The molecule has 0 aliphatic rings. The number of esters is 1. The minimum Gasteiger partial charge on any atom is -0.457 e. The molecule has 0 amide bonds. The molecule has 3 aromatic rings. The molecule has 120 valence electrons. The molecule has 3 aromatic carbocycles. The van der Waals surface area contributed by atoms with E-state index in [1.54, 1.807) is 30.3 Å². The molecule has 0 saturated heterocycles. The molecule has 0 bridgehead atoms. The van der Waals surface area contributed by atoms with E-state index in [1.165, 1.54) is 0 Å². The third-order valence-corrected chi connectivity index (χ3v) is 3.96. The minimum atomic E-state index is -0.432. The van der Waals surface area contributed by atoms with Crippen LogP contribution in [-0.4, -0.2) is 5.97 Å². The van der Waals surface area contributed by atoms with Crippen LogP contribution in [0.15, 0.2) is 77.3 Å². The number of halogens is 1. The number of carbonyl (C=O) groups excluding carboxylic acids is 1. The molecule has 0 heterocycles. The van der Waals surface area contributed by atoms with Crippen LogP contribution in [0, 0.1) is 6.92 Å². The van der Waals surface area contributed by atoms with Crippen LogP contribution in [0.5, 0.6) is 17.2 Å². The van der Waals surface area contributed by atoms with Crippen LogP contribution >= 0.6 is 15.9 Å². The van der Waals surface area contributed by atoms with Gasteiger partial charge in [0.25, 0.3) is 0 Å². The van der Waals surface area contributed by atoms with Crippen LogP contribution in [0.1, 0.15) is 15.9 Å². The zero-order valence-electron chi connectivity index (χ0n) is 13.0. The average Bonchev–Trinajstić information content (AvgIpc) is 2.58. The molecule has 0 atom stereocenters. The standard InChI is InChI=1S/C20H15BrO3/c1-14-10-11-19(18(21)12-14)24-20(22)15-6-5-9-17(13-15)23-16-7-3-2-4-8-16/h2-13H,1H3. The van der Waals surface area contributed by atoms with Crippen molar-refractivity contribution in [3.63, 3.8) is 0 Å². The number of aryl methyl sites for hydroxylation is 1. The third-order valence-electron chi connectivity index (χ3n) is 3.34. The van der Waals surface area contributed by atoms with Crippen molar-refractivity contribution in [1.29, 1.82) is 0 Å². The molecule has 0 radical (unpaired) electrons. The quantitative estimate of drug-likeness (QED) is 0.424. The van der Waals surface area contributed by atoms with E-state index in [2.05, 4.69) is 15.9 Å². The highest BCUT2D eigenvalue weighted by atomic mass is 79.9. The summed E-state index contributed by atoms with van der Waals surface area (Å²) in [5, 5.41) is 0. The molecule has 3 nitrogen and oxygen atoms in total. The van der Waals surface area contributed by atoms with Crippen LogP contribution in [0.4, 0.5) is 0 Å². The van der Waals surface area contributed by atoms with Gasteiger partial charge in [0.1, 0.15) is 17.2 Å². The second-order valence-corrected chi connectivity index (χ2v) is 6.12. The van der Waals surface area contributed by atoms with E-state index in [0.29, 0.717) is 22.8 Å². The predicted octanol–water partition coefficient (Wildman–Crippen LogP) is 5.77. The van der Waals surface area contributed by atoms with Gasteiger partial charge in [-0.2, -0.15) is 0 Å². The molecular formula is C20H15BrO3. The molecular weight excluding hydrogens is 368 g/mol. The van der Waals surface area contributed by atoms with Crippen LogP contribution < -0.4 is 9.47 Å². The van der Waals surface area contributed by atoms with Gasteiger partial charge in [-0.1, -0.05) is 30.3 Å². The highest BCUT2D eigenvalue weighted by Crippen LogP contribution is 2.27. The van der Waals surface area contributed by atoms with E-state index in [1.807, 2.05) is 49.4 Å². The Morgan fingerprint density at radius 2 is 1.62 bits per heavy atom. The number of benzene rings is 3. The van der Waals surface area contributed by atoms with Crippen molar-refractivity contribution < 1.29 is 14.3 Å². The summed E-state index contributed by atoms with van der Waals surface area (Å²) < 4.78 is 11.9. The molecule has 0 N–H and O–H groups in total. The van der Waals surface area contributed by atoms with Crippen molar-refractivity contribution in [2.45, 2.75) is 6.92 Å². The lowest BCUT2D eigenvalue weighted by Crippen LogP contribution is -2.08. The maximum atomic E-state index is 12.4. The lowest BCUT2D eigenvalue weighted by molar-refractivity contribution is 0.0733. The van der Waals surface area contributed by atoms with Crippen molar-refractivity contribution in [1.82, 2.24) is 0 Å². The van der Waals surface area contributed by atoms with Crippen LogP contribution in [0.25, 0.3) is 0 Å². The van der Waals surface area contributed by atoms with Crippen molar-refractivity contribution in [3.8, 4) is 17.2 Å². The van der Waals surface area contributed by atoms with Gasteiger partial charge in [0, 0.05) is 0 Å². The summed E-state index contributed by atoms with van der Waals surface area (Å²) in [6.45, 7) is 1.97. The first kappa shape index (κ1) is 16.3. The number of carbonyl (C=O) groups is 1. The van der Waals surface area contributed by atoms with Gasteiger partial charge >= 0.3 is 5.97 Å². The third kappa shape index (κ3) is 4.03. The normalized spacial score (nSPS) is 10.2. The van der Waals surface area contributed by atoms with Gasteiger partial charge in [-0.15, -0.1) is 0 Å². The molecule has 0 aromatic heterocycles. The van der Waals surface area contributed by atoms with Crippen LogP contribution in [0.2, 0.25) is 0 Å². The topological polar surface area (TPSA) is 35.5 Å². The number of ether oxygens (including phenoxy) is 2. The lowest BCUT2D eigenvalue weighted by atomic mass is 10.2. The smallest absolute Gasteiger partial charge is 0.343 e. The number of para-hydroxylation sites is 1. The summed E-state index contributed by atoms with van der Waals surface area (Å²) >= 11 is 3.40. The van der Waals surface area contributed by atoms with E-state index in [-0.39, 0.29) is 0 Å². The Hall–Kier alpha value is -2.59. The summed E-state index contributed by atoms with van der Waals surface area (Å²) in [6, 6.07) is 21.9. The SMILES string of the molecule is Cc1ccc(OC(=O)c2cccc(Oc3ccccc3)c2)c(Br)c1. The van der Waals surface area contributed by atoms with Crippen molar-refractivity contribution in [2.75, 3.05) is 0 Å².